The minimum Gasteiger partial charge on any atom is -0.304 e. The van der Waals surface area contributed by atoms with Gasteiger partial charge in [0.05, 0.1) is 11.3 Å². The third-order valence-electron chi connectivity index (χ3n) is 2.70. The standard InChI is InChI=1S/C13H14FNO2S/c1-8(2)18-6-5-15-11-4-3-9(14)7-10(11)12(16)13(15)17/h3-4,7-8H,5-6H2,1-2H3. The fourth-order valence-electron chi connectivity index (χ4n) is 1.87. The van der Waals surface area contributed by atoms with Gasteiger partial charge in [-0.3, -0.25) is 9.59 Å². The number of anilines is 1. The first-order valence-electron chi connectivity index (χ1n) is 5.78. The molecule has 0 fully saturated rings. The van der Waals surface area contributed by atoms with Crippen molar-refractivity contribution in [2.75, 3.05) is 17.2 Å². The van der Waals surface area contributed by atoms with Crippen molar-refractivity contribution in [3.05, 3.63) is 29.6 Å². The first-order chi connectivity index (χ1) is 8.50. The van der Waals surface area contributed by atoms with Crippen LogP contribution in [0.5, 0.6) is 0 Å². The summed E-state index contributed by atoms with van der Waals surface area (Å²) in [5, 5.41) is 0.478. The van der Waals surface area contributed by atoms with Crippen LogP contribution in [0.25, 0.3) is 0 Å². The Morgan fingerprint density at radius 3 is 2.72 bits per heavy atom. The topological polar surface area (TPSA) is 37.4 Å². The van der Waals surface area contributed by atoms with Gasteiger partial charge in [-0.05, 0) is 23.4 Å². The largest absolute Gasteiger partial charge is 0.304 e. The molecule has 0 radical (unpaired) electrons. The van der Waals surface area contributed by atoms with E-state index in [2.05, 4.69) is 13.8 Å². The molecule has 0 saturated carbocycles. The number of hydrogen-bond acceptors (Lipinski definition) is 3. The van der Waals surface area contributed by atoms with E-state index in [1.54, 1.807) is 11.8 Å². The van der Waals surface area contributed by atoms with E-state index >= 15 is 0 Å². The Kier molecular flexibility index (Phi) is 3.71. The van der Waals surface area contributed by atoms with Gasteiger partial charge in [-0.2, -0.15) is 11.8 Å². The number of hydrogen-bond donors (Lipinski definition) is 0. The highest BCUT2D eigenvalue weighted by Crippen LogP contribution is 2.29. The summed E-state index contributed by atoms with van der Waals surface area (Å²) in [4.78, 5) is 24.9. The molecule has 0 N–H and O–H groups in total. The lowest BCUT2D eigenvalue weighted by molar-refractivity contribution is -0.114. The predicted molar refractivity (Wildman–Crippen MR) is 70.7 cm³/mol. The summed E-state index contributed by atoms with van der Waals surface area (Å²) < 4.78 is 13.1. The zero-order valence-corrected chi connectivity index (χ0v) is 11.1. The molecule has 0 aromatic heterocycles. The molecule has 1 aromatic carbocycles. The van der Waals surface area contributed by atoms with E-state index in [9.17, 15) is 14.0 Å². The number of thioether (sulfide) groups is 1. The van der Waals surface area contributed by atoms with E-state index in [0.717, 1.165) is 11.8 Å². The van der Waals surface area contributed by atoms with Gasteiger partial charge in [-0.25, -0.2) is 4.39 Å². The molecule has 1 aliphatic heterocycles. The highest BCUT2D eigenvalue weighted by molar-refractivity contribution is 7.99. The normalized spacial score (nSPS) is 14.6. The van der Waals surface area contributed by atoms with Crippen LogP contribution in [0.4, 0.5) is 10.1 Å². The monoisotopic (exact) mass is 267 g/mol. The Morgan fingerprint density at radius 2 is 2.06 bits per heavy atom. The molecule has 1 aliphatic rings. The number of ketones is 1. The van der Waals surface area contributed by atoms with Crippen molar-refractivity contribution in [2.24, 2.45) is 0 Å². The Balaban J connectivity index is 2.18. The van der Waals surface area contributed by atoms with Crippen molar-refractivity contribution < 1.29 is 14.0 Å². The average Bonchev–Trinajstić information content (AvgIpc) is 2.54. The Hall–Kier alpha value is -1.36. The molecular weight excluding hydrogens is 253 g/mol. The minimum absolute atomic E-state index is 0.176. The van der Waals surface area contributed by atoms with Gasteiger partial charge in [0.2, 0.25) is 0 Å². The van der Waals surface area contributed by atoms with E-state index in [4.69, 9.17) is 0 Å². The average molecular weight is 267 g/mol. The molecule has 0 bridgehead atoms. The maximum absolute atomic E-state index is 13.1. The van der Waals surface area contributed by atoms with Gasteiger partial charge in [0.15, 0.2) is 0 Å². The zero-order chi connectivity index (χ0) is 13.3. The number of rotatable bonds is 4. The van der Waals surface area contributed by atoms with Crippen LogP contribution in [-0.4, -0.2) is 29.2 Å². The van der Waals surface area contributed by atoms with Crippen molar-refractivity contribution in [2.45, 2.75) is 19.1 Å². The second-order valence-electron chi connectivity index (χ2n) is 4.37. The quantitative estimate of drug-likeness (QED) is 0.787. The molecule has 0 saturated heterocycles. The van der Waals surface area contributed by atoms with E-state index in [1.807, 2.05) is 0 Å². The number of carbonyl (C=O) groups is 2. The van der Waals surface area contributed by atoms with Gasteiger partial charge in [0.25, 0.3) is 11.7 Å². The molecule has 0 spiro atoms. The second kappa shape index (κ2) is 5.10. The van der Waals surface area contributed by atoms with Crippen LogP contribution in [-0.2, 0) is 4.79 Å². The van der Waals surface area contributed by atoms with E-state index in [-0.39, 0.29) is 5.56 Å². The number of carbonyl (C=O) groups excluding carboxylic acids is 2. The number of Topliss-reactive ketones (excluding diaryl/α,β-unsaturated/α-hetero) is 1. The third-order valence-corrected chi connectivity index (χ3v) is 3.78. The highest BCUT2D eigenvalue weighted by atomic mass is 32.2. The molecule has 0 aliphatic carbocycles. The van der Waals surface area contributed by atoms with Crippen molar-refractivity contribution >= 4 is 29.1 Å². The lowest BCUT2D eigenvalue weighted by Gasteiger charge is -2.16. The summed E-state index contributed by atoms with van der Waals surface area (Å²) in [5.74, 6) is -0.902. The number of fused-ring (bicyclic) bond motifs is 1. The highest BCUT2D eigenvalue weighted by Gasteiger charge is 2.35. The maximum atomic E-state index is 13.1. The number of amides is 1. The van der Waals surface area contributed by atoms with Crippen LogP contribution in [0, 0.1) is 5.82 Å². The SMILES string of the molecule is CC(C)SCCN1C(=O)C(=O)c2cc(F)ccc21. The lowest BCUT2D eigenvalue weighted by Crippen LogP contribution is -2.31. The third kappa shape index (κ3) is 2.41. The molecular formula is C13H14FNO2S. The van der Waals surface area contributed by atoms with Crippen LogP contribution in [0.3, 0.4) is 0 Å². The van der Waals surface area contributed by atoms with Crippen molar-refractivity contribution in [3.8, 4) is 0 Å². The van der Waals surface area contributed by atoms with Crippen molar-refractivity contribution in [3.63, 3.8) is 0 Å². The minimum atomic E-state index is -0.612. The zero-order valence-electron chi connectivity index (χ0n) is 10.3. The van der Waals surface area contributed by atoms with E-state index in [0.29, 0.717) is 17.5 Å². The molecule has 0 unspecified atom stereocenters. The van der Waals surface area contributed by atoms with Crippen LogP contribution < -0.4 is 4.90 Å². The Bertz CT molecular complexity index is 502. The van der Waals surface area contributed by atoms with Crippen LogP contribution >= 0.6 is 11.8 Å². The molecule has 96 valence electrons. The fraction of sp³-hybridized carbons (Fsp3) is 0.385. The molecule has 0 atom stereocenters. The molecule has 2 rings (SSSR count). The predicted octanol–water partition coefficient (Wildman–Crippen LogP) is 2.50. The fourth-order valence-corrected chi connectivity index (χ4v) is 2.63. The molecule has 3 nitrogen and oxygen atoms in total. The maximum Gasteiger partial charge on any atom is 0.299 e. The summed E-state index contributed by atoms with van der Waals surface area (Å²) in [6, 6.07) is 3.89. The second-order valence-corrected chi connectivity index (χ2v) is 6.05. The van der Waals surface area contributed by atoms with E-state index in [1.165, 1.54) is 17.0 Å². The van der Waals surface area contributed by atoms with Crippen LogP contribution in [0.1, 0.15) is 24.2 Å². The first-order valence-corrected chi connectivity index (χ1v) is 6.83. The van der Waals surface area contributed by atoms with Gasteiger partial charge < -0.3 is 4.90 Å². The summed E-state index contributed by atoms with van der Waals surface area (Å²) >= 11 is 1.72. The molecule has 1 aromatic rings. The summed E-state index contributed by atoms with van der Waals surface area (Å²) in [6.07, 6.45) is 0. The number of halogens is 1. The van der Waals surface area contributed by atoms with Gasteiger partial charge in [0, 0.05) is 12.3 Å². The van der Waals surface area contributed by atoms with Crippen LogP contribution in [0.2, 0.25) is 0 Å². The van der Waals surface area contributed by atoms with Crippen LogP contribution in [0.15, 0.2) is 18.2 Å². The molecule has 18 heavy (non-hydrogen) atoms. The van der Waals surface area contributed by atoms with Crippen molar-refractivity contribution in [1.82, 2.24) is 0 Å². The molecule has 1 amide bonds. The van der Waals surface area contributed by atoms with Gasteiger partial charge in [-0.1, -0.05) is 13.8 Å². The summed E-state index contributed by atoms with van der Waals surface area (Å²) in [5.41, 5.74) is 0.699. The Labute approximate surface area is 109 Å². The van der Waals surface area contributed by atoms with Gasteiger partial charge in [-0.15, -0.1) is 0 Å². The number of nitrogens with zero attached hydrogens (tertiary/aromatic N) is 1. The summed E-state index contributed by atoms with van der Waals surface area (Å²) in [6.45, 7) is 4.63. The van der Waals surface area contributed by atoms with Crippen molar-refractivity contribution in [1.29, 1.82) is 0 Å². The first kappa shape index (κ1) is 13.1. The Morgan fingerprint density at radius 1 is 1.33 bits per heavy atom. The summed E-state index contributed by atoms with van der Waals surface area (Å²) in [7, 11) is 0. The number of benzene rings is 1. The molecule has 1 heterocycles. The van der Waals surface area contributed by atoms with Gasteiger partial charge in [0.1, 0.15) is 5.82 Å². The van der Waals surface area contributed by atoms with E-state index < -0.39 is 17.5 Å². The molecule has 5 heteroatoms. The lowest BCUT2D eigenvalue weighted by atomic mass is 10.1. The smallest absolute Gasteiger partial charge is 0.299 e. The van der Waals surface area contributed by atoms with Gasteiger partial charge >= 0.3 is 0 Å².